The lowest BCUT2D eigenvalue weighted by Gasteiger charge is -2.27. The van der Waals surface area contributed by atoms with E-state index >= 15 is 0 Å². The highest BCUT2D eigenvalue weighted by Gasteiger charge is 2.31. The minimum absolute atomic E-state index is 0.412. The van der Waals surface area contributed by atoms with E-state index in [2.05, 4.69) is 11.8 Å². The first-order valence-electron chi connectivity index (χ1n) is 6.19. The molecule has 1 rings (SSSR count). The van der Waals surface area contributed by atoms with Crippen LogP contribution >= 0.6 is 0 Å². The summed E-state index contributed by atoms with van der Waals surface area (Å²) in [7, 11) is 1.69. The number of nitrogens with zero attached hydrogens (tertiary/aromatic N) is 1. The van der Waals surface area contributed by atoms with E-state index in [0.717, 1.165) is 12.5 Å². The normalized spacial score (nSPS) is 18.5. The molecule has 0 aromatic rings. The van der Waals surface area contributed by atoms with Crippen molar-refractivity contribution in [2.75, 3.05) is 26.8 Å². The summed E-state index contributed by atoms with van der Waals surface area (Å²) in [4.78, 5) is 13.0. The van der Waals surface area contributed by atoms with Crippen LogP contribution in [0.2, 0.25) is 0 Å². The Kier molecular flexibility index (Phi) is 5.65. The summed E-state index contributed by atoms with van der Waals surface area (Å²) in [5.74, 6) is -0.0545. The molecule has 4 nitrogen and oxygen atoms in total. The first kappa shape index (κ1) is 14.2. The molecule has 0 heterocycles. The van der Waals surface area contributed by atoms with Gasteiger partial charge in [0.2, 0.25) is 0 Å². The van der Waals surface area contributed by atoms with Gasteiger partial charge in [0.05, 0.1) is 6.61 Å². The van der Waals surface area contributed by atoms with E-state index in [1.807, 2.05) is 0 Å². The zero-order chi connectivity index (χ0) is 12.8. The van der Waals surface area contributed by atoms with Crippen molar-refractivity contribution in [1.82, 2.24) is 4.90 Å². The maximum Gasteiger partial charge on any atom is 0.330 e. The fourth-order valence-corrected chi connectivity index (χ4v) is 1.89. The fourth-order valence-electron chi connectivity index (χ4n) is 1.89. The van der Waals surface area contributed by atoms with Gasteiger partial charge >= 0.3 is 5.97 Å². The molecular weight excluding hydrogens is 218 g/mol. The van der Waals surface area contributed by atoms with E-state index in [4.69, 9.17) is 9.84 Å². The van der Waals surface area contributed by atoms with Crippen LogP contribution in [0.5, 0.6) is 0 Å². The zero-order valence-corrected chi connectivity index (χ0v) is 11.0. The largest absolute Gasteiger partial charge is 0.478 e. The Morgan fingerprint density at radius 2 is 2.24 bits per heavy atom. The molecule has 0 spiro atoms. The van der Waals surface area contributed by atoms with Crippen molar-refractivity contribution in [1.29, 1.82) is 0 Å². The van der Waals surface area contributed by atoms with Crippen LogP contribution in [-0.2, 0) is 9.53 Å². The monoisotopic (exact) mass is 241 g/mol. The number of ether oxygens (including phenoxy) is 1. The Morgan fingerprint density at radius 3 is 2.71 bits per heavy atom. The molecule has 4 heteroatoms. The standard InChI is InChI=1S/C13H23NO3/c1-10(13(15)16)6-7-14(8-9-17-3)11(2)12-4-5-12/h6,11-12H,4-5,7-9H2,1-3H3,(H,15,16). The Bertz CT molecular complexity index is 284. The molecule has 0 saturated heterocycles. The lowest BCUT2D eigenvalue weighted by Crippen LogP contribution is -2.37. The molecule has 1 aliphatic rings. The number of hydrogen-bond donors (Lipinski definition) is 1. The molecule has 0 amide bonds. The Morgan fingerprint density at radius 1 is 1.59 bits per heavy atom. The van der Waals surface area contributed by atoms with E-state index < -0.39 is 5.97 Å². The average molecular weight is 241 g/mol. The van der Waals surface area contributed by atoms with Crippen molar-refractivity contribution < 1.29 is 14.6 Å². The third-order valence-electron chi connectivity index (χ3n) is 3.43. The van der Waals surface area contributed by atoms with Gasteiger partial charge in [-0.05, 0) is 32.6 Å². The van der Waals surface area contributed by atoms with Crippen molar-refractivity contribution in [2.45, 2.75) is 32.7 Å². The van der Waals surface area contributed by atoms with Gasteiger partial charge in [0.25, 0.3) is 0 Å². The molecule has 98 valence electrons. The van der Waals surface area contributed by atoms with Gasteiger partial charge in [-0.25, -0.2) is 4.79 Å². The number of hydrogen-bond acceptors (Lipinski definition) is 3. The molecule has 1 unspecified atom stereocenters. The predicted octanol–water partition coefficient (Wildman–Crippen LogP) is 1.76. The summed E-state index contributed by atoms with van der Waals surface area (Å²) in [6.07, 6.45) is 4.38. The molecule has 17 heavy (non-hydrogen) atoms. The van der Waals surface area contributed by atoms with Gasteiger partial charge < -0.3 is 9.84 Å². The highest BCUT2D eigenvalue weighted by Crippen LogP contribution is 2.35. The molecule has 0 aliphatic heterocycles. The van der Waals surface area contributed by atoms with Gasteiger partial charge in [-0.3, -0.25) is 4.90 Å². The van der Waals surface area contributed by atoms with Crippen LogP contribution in [0, 0.1) is 5.92 Å². The number of carbonyl (C=O) groups is 1. The van der Waals surface area contributed by atoms with E-state index in [0.29, 0.717) is 24.8 Å². The highest BCUT2D eigenvalue weighted by molar-refractivity contribution is 5.85. The fraction of sp³-hybridized carbons (Fsp3) is 0.769. The molecule has 0 aromatic heterocycles. The number of methoxy groups -OCH3 is 1. The van der Waals surface area contributed by atoms with Gasteiger partial charge in [-0.2, -0.15) is 0 Å². The quantitative estimate of drug-likeness (QED) is 0.658. The second-order valence-electron chi connectivity index (χ2n) is 4.76. The van der Waals surface area contributed by atoms with Crippen molar-refractivity contribution >= 4 is 5.97 Å². The summed E-state index contributed by atoms with van der Waals surface area (Å²) >= 11 is 0. The minimum Gasteiger partial charge on any atom is -0.478 e. The Labute approximate surface area is 103 Å². The Balaban J connectivity index is 2.50. The summed E-state index contributed by atoms with van der Waals surface area (Å²) in [6, 6.07) is 0.517. The van der Waals surface area contributed by atoms with Gasteiger partial charge in [0.15, 0.2) is 0 Å². The summed E-state index contributed by atoms with van der Waals surface area (Å²) in [5.41, 5.74) is 0.412. The van der Waals surface area contributed by atoms with Crippen LogP contribution < -0.4 is 0 Å². The first-order chi connectivity index (χ1) is 8.06. The molecule has 1 aliphatic carbocycles. The average Bonchev–Trinajstić information content (AvgIpc) is 3.11. The molecule has 1 atom stereocenters. The van der Waals surface area contributed by atoms with Gasteiger partial charge in [-0.15, -0.1) is 0 Å². The number of carboxylic acid groups (broad SMARTS) is 1. The molecule has 1 N–H and O–H groups in total. The van der Waals surface area contributed by atoms with Crippen LogP contribution in [0.3, 0.4) is 0 Å². The lowest BCUT2D eigenvalue weighted by molar-refractivity contribution is -0.132. The number of rotatable bonds is 8. The van der Waals surface area contributed by atoms with Crippen LogP contribution in [0.4, 0.5) is 0 Å². The van der Waals surface area contributed by atoms with Crippen molar-refractivity contribution in [3.63, 3.8) is 0 Å². The van der Waals surface area contributed by atoms with Crippen LogP contribution in [-0.4, -0.2) is 48.8 Å². The van der Waals surface area contributed by atoms with Gasteiger partial charge in [-0.1, -0.05) is 6.08 Å². The Hall–Kier alpha value is -0.870. The third kappa shape index (κ3) is 4.88. The highest BCUT2D eigenvalue weighted by atomic mass is 16.5. The minimum atomic E-state index is -0.837. The topological polar surface area (TPSA) is 49.8 Å². The van der Waals surface area contributed by atoms with Crippen LogP contribution in [0.25, 0.3) is 0 Å². The van der Waals surface area contributed by atoms with E-state index in [-0.39, 0.29) is 0 Å². The lowest BCUT2D eigenvalue weighted by atomic mass is 10.1. The molecule has 0 aromatic carbocycles. The van der Waals surface area contributed by atoms with Gasteiger partial charge in [0, 0.05) is 31.8 Å². The summed E-state index contributed by atoms with van der Waals surface area (Å²) in [6.45, 7) is 6.10. The van der Waals surface area contributed by atoms with E-state index in [1.54, 1.807) is 20.1 Å². The first-order valence-corrected chi connectivity index (χ1v) is 6.19. The number of aliphatic carboxylic acids is 1. The zero-order valence-electron chi connectivity index (χ0n) is 11.0. The van der Waals surface area contributed by atoms with Gasteiger partial charge in [0.1, 0.15) is 0 Å². The third-order valence-corrected chi connectivity index (χ3v) is 3.43. The van der Waals surface area contributed by atoms with Crippen molar-refractivity contribution in [3.05, 3.63) is 11.6 Å². The second kappa shape index (κ2) is 6.77. The van der Waals surface area contributed by atoms with Crippen LogP contribution in [0.1, 0.15) is 26.7 Å². The summed E-state index contributed by atoms with van der Waals surface area (Å²) < 4.78 is 5.10. The maximum atomic E-state index is 10.7. The van der Waals surface area contributed by atoms with E-state index in [1.165, 1.54) is 12.8 Å². The van der Waals surface area contributed by atoms with Crippen molar-refractivity contribution in [2.24, 2.45) is 5.92 Å². The predicted molar refractivity (Wildman–Crippen MR) is 67.0 cm³/mol. The second-order valence-corrected chi connectivity index (χ2v) is 4.76. The number of carboxylic acids is 1. The molecule has 0 radical (unpaired) electrons. The molecule has 0 bridgehead atoms. The molecule has 1 saturated carbocycles. The van der Waals surface area contributed by atoms with Crippen LogP contribution in [0.15, 0.2) is 11.6 Å². The molecular formula is C13H23NO3. The SMILES string of the molecule is COCCN(CC=C(C)C(=O)O)C(C)C1CC1. The van der Waals surface area contributed by atoms with Crippen molar-refractivity contribution in [3.8, 4) is 0 Å². The smallest absolute Gasteiger partial charge is 0.330 e. The summed E-state index contributed by atoms with van der Waals surface area (Å²) in [5, 5.41) is 8.82. The van der Waals surface area contributed by atoms with E-state index in [9.17, 15) is 4.79 Å². The molecule has 1 fully saturated rings. The maximum absolute atomic E-state index is 10.7.